The van der Waals surface area contributed by atoms with E-state index in [-0.39, 0.29) is 11.5 Å². The van der Waals surface area contributed by atoms with Crippen LogP contribution in [0, 0.1) is 15.5 Å². The highest BCUT2D eigenvalue weighted by molar-refractivity contribution is 6.12. The van der Waals surface area contributed by atoms with E-state index in [0.717, 1.165) is 5.69 Å². The van der Waals surface area contributed by atoms with Gasteiger partial charge in [0, 0.05) is 18.3 Å². The lowest BCUT2D eigenvalue weighted by Gasteiger charge is -1.98. The first-order valence-corrected chi connectivity index (χ1v) is 7.21. The van der Waals surface area contributed by atoms with Gasteiger partial charge in [0.15, 0.2) is 5.69 Å². The van der Waals surface area contributed by atoms with E-state index >= 15 is 0 Å². The van der Waals surface area contributed by atoms with Crippen LogP contribution >= 0.6 is 0 Å². The summed E-state index contributed by atoms with van der Waals surface area (Å²) in [7, 11) is 0. The molecule has 7 nitrogen and oxygen atoms in total. The van der Waals surface area contributed by atoms with Crippen LogP contribution in [0.1, 0.15) is 6.92 Å². The second-order valence-corrected chi connectivity index (χ2v) is 5.13. The van der Waals surface area contributed by atoms with E-state index < -0.39 is 4.92 Å². The van der Waals surface area contributed by atoms with Crippen molar-refractivity contribution in [2.45, 2.75) is 6.92 Å². The first kappa shape index (κ1) is 15.4. The Morgan fingerprint density at radius 2 is 1.83 bits per heavy atom. The van der Waals surface area contributed by atoms with Crippen molar-refractivity contribution >= 4 is 29.1 Å². The van der Waals surface area contributed by atoms with E-state index in [4.69, 9.17) is 5.41 Å². The number of nitrogens with zero attached hydrogens (tertiary/aromatic N) is 4. The van der Waals surface area contributed by atoms with Crippen molar-refractivity contribution in [2.75, 3.05) is 0 Å². The van der Waals surface area contributed by atoms with Crippen LogP contribution < -0.4 is 0 Å². The summed E-state index contributed by atoms with van der Waals surface area (Å²) < 4.78 is 1.44. The Labute approximate surface area is 138 Å². The van der Waals surface area contributed by atoms with Gasteiger partial charge >= 0.3 is 5.84 Å². The molecule has 0 aliphatic carbocycles. The minimum Gasteiger partial charge on any atom is -0.258 e. The second-order valence-electron chi connectivity index (χ2n) is 5.13. The van der Waals surface area contributed by atoms with Gasteiger partial charge in [-0.3, -0.25) is 15.1 Å². The van der Waals surface area contributed by atoms with Crippen molar-refractivity contribution in [2.24, 2.45) is 10.1 Å². The maximum Gasteiger partial charge on any atom is 0.351 e. The van der Waals surface area contributed by atoms with Crippen LogP contribution in [0.4, 0.5) is 17.1 Å². The predicted octanol–water partition coefficient (Wildman–Crippen LogP) is 4.36. The second kappa shape index (κ2) is 6.33. The number of nitrogens with one attached hydrogen (secondary N) is 1. The van der Waals surface area contributed by atoms with Gasteiger partial charge in [0.2, 0.25) is 0 Å². The molecular weight excluding hydrogens is 306 g/mol. The first-order chi connectivity index (χ1) is 11.6. The van der Waals surface area contributed by atoms with Gasteiger partial charge in [-0.1, -0.05) is 33.4 Å². The zero-order chi connectivity index (χ0) is 17.1. The highest BCUT2D eigenvalue weighted by Gasteiger charge is 2.29. The highest BCUT2D eigenvalue weighted by Crippen LogP contribution is 2.25. The molecule has 24 heavy (non-hydrogen) atoms. The van der Waals surface area contributed by atoms with Crippen LogP contribution in [0.15, 0.2) is 76.0 Å². The van der Waals surface area contributed by atoms with Gasteiger partial charge < -0.3 is 0 Å². The van der Waals surface area contributed by atoms with Crippen molar-refractivity contribution in [3.05, 3.63) is 76.0 Å². The molecule has 3 rings (SSSR count). The Hall–Kier alpha value is -3.48. The minimum atomic E-state index is -0.461. The highest BCUT2D eigenvalue weighted by atomic mass is 16.6. The van der Waals surface area contributed by atoms with Crippen LogP contribution in [0.5, 0.6) is 0 Å². The van der Waals surface area contributed by atoms with Gasteiger partial charge in [-0.15, -0.1) is 0 Å². The van der Waals surface area contributed by atoms with Crippen molar-refractivity contribution in [1.29, 1.82) is 5.41 Å². The average Bonchev–Trinajstić information content (AvgIpc) is 2.88. The van der Waals surface area contributed by atoms with Crippen molar-refractivity contribution < 1.29 is 9.62 Å². The fraction of sp³-hybridized carbons (Fsp3) is 0.0588. The molecule has 0 atom stereocenters. The molecule has 0 saturated carbocycles. The van der Waals surface area contributed by atoms with Gasteiger partial charge in [-0.25, -0.2) is 0 Å². The number of para-hydroxylation sites is 1. The average molecular weight is 320 g/mol. The van der Waals surface area contributed by atoms with Crippen LogP contribution in [0.25, 0.3) is 0 Å². The van der Waals surface area contributed by atoms with E-state index in [1.807, 2.05) is 30.3 Å². The van der Waals surface area contributed by atoms with Crippen molar-refractivity contribution in [3.8, 4) is 0 Å². The van der Waals surface area contributed by atoms with Crippen LogP contribution in [0.3, 0.4) is 0 Å². The molecule has 1 N–H and O–H groups in total. The lowest BCUT2D eigenvalue weighted by atomic mass is 10.2. The fourth-order valence-electron chi connectivity index (χ4n) is 2.25. The molecule has 0 bridgehead atoms. The number of nitro benzene ring substituents is 1. The molecule has 0 amide bonds. The molecule has 7 heteroatoms. The maximum absolute atomic E-state index is 10.7. The Bertz CT molecular complexity index is 896. The number of non-ortho nitro benzene ring substituents is 1. The number of amidine groups is 1. The minimum absolute atomic E-state index is 0.0000206. The zero-order valence-corrected chi connectivity index (χ0v) is 12.9. The molecular formula is C17H14N5O2+. The number of aliphatic imine (C=N–C) groups is 1. The molecule has 0 radical (unpaired) electrons. The molecule has 0 saturated heterocycles. The van der Waals surface area contributed by atoms with E-state index in [9.17, 15) is 10.1 Å². The summed E-state index contributed by atoms with van der Waals surface area (Å²) in [5, 5.41) is 23.3. The van der Waals surface area contributed by atoms with Crippen LogP contribution in [-0.4, -0.2) is 21.7 Å². The summed E-state index contributed by atoms with van der Waals surface area (Å²) in [6.45, 7) is 1.80. The summed E-state index contributed by atoms with van der Waals surface area (Å²) in [5.41, 5.74) is 2.66. The van der Waals surface area contributed by atoms with Crippen molar-refractivity contribution in [3.63, 3.8) is 0 Å². The van der Waals surface area contributed by atoms with E-state index in [2.05, 4.69) is 10.1 Å². The Morgan fingerprint density at radius 3 is 2.46 bits per heavy atom. The third-order valence-electron chi connectivity index (χ3n) is 3.51. The van der Waals surface area contributed by atoms with Gasteiger partial charge in [-0.05, 0) is 31.2 Å². The number of nitro groups is 1. The van der Waals surface area contributed by atoms with Crippen molar-refractivity contribution in [1.82, 2.24) is 0 Å². The van der Waals surface area contributed by atoms with Crippen LogP contribution in [0.2, 0.25) is 0 Å². The largest absolute Gasteiger partial charge is 0.351 e. The monoisotopic (exact) mass is 320 g/mol. The molecule has 0 unspecified atom stereocenters. The maximum atomic E-state index is 10.7. The van der Waals surface area contributed by atoms with Gasteiger partial charge in [0.1, 0.15) is 5.57 Å². The van der Waals surface area contributed by atoms with Gasteiger partial charge in [0.05, 0.1) is 16.3 Å². The first-order valence-electron chi connectivity index (χ1n) is 7.21. The number of hydrogen-bond acceptors (Lipinski definition) is 5. The predicted molar refractivity (Wildman–Crippen MR) is 90.5 cm³/mol. The number of hydrogen-bond donors (Lipinski definition) is 1. The molecule has 2 aromatic carbocycles. The fourth-order valence-corrected chi connectivity index (χ4v) is 2.25. The molecule has 1 aliphatic heterocycles. The summed E-state index contributed by atoms with van der Waals surface area (Å²) in [6.07, 6.45) is 1.61. The summed E-state index contributed by atoms with van der Waals surface area (Å²) in [4.78, 5) is 14.6. The smallest absolute Gasteiger partial charge is 0.258 e. The molecule has 0 aromatic heterocycles. The van der Waals surface area contributed by atoms with E-state index in [1.54, 1.807) is 25.3 Å². The third-order valence-corrected chi connectivity index (χ3v) is 3.51. The van der Waals surface area contributed by atoms with E-state index in [1.165, 1.54) is 16.8 Å². The quantitative estimate of drug-likeness (QED) is 0.392. The van der Waals surface area contributed by atoms with E-state index in [0.29, 0.717) is 17.0 Å². The molecule has 0 spiro atoms. The lowest BCUT2D eigenvalue weighted by Crippen LogP contribution is -2.12. The summed E-state index contributed by atoms with van der Waals surface area (Å²) >= 11 is 0. The lowest BCUT2D eigenvalue weighted by molar-refractivity contribution is -0.388. The normalized spacial score (nSPS) is 14.4. The van der Waals surface area contributed by atoms with Gasteiger partial charge in [0.25, 0.3) is 5.69 Å². The topological polar surface area (TPSA) is 94.7 Å². The zero-order valence-electron chi connectivity index (χ0n) is 12.9. The Kier molecular flexibility index (Phi) is 4.07. The summed E-state index contributed by atoms with van der Waals surface area (Å²) in [5.74, 6) is 0.182. The third kappa shape index (κ3) is 3.00. The number of benzene rings is 2. The standard InChI is InChI=1S/C17H14N5O2/c1-12-16(11-19-13-5-3-2-4-6-13)17(18)21(20-12)14-7-9-15(10-8-14)22(23)24/h2-11,18H,1H3/q+1. The SMILES string of the molecule is CC1=C(C=Nc2ccccc2)C(=N)[N+](c2ccc([N+](=O)[O-])cc2)=N1. The number of rotatable bonds is 4. The van der Waals surface area contributed by atoms with Crippen LogP contribution in [-0.2, 0) is 0 Å². The number of azo groups is 2. The van der Waals surface area contributed by atoms with Gasteiger partial charge in [-0.2, -0.15) is 0 Å². The molecule has 118 valence electrons. The Morgan fingerprint density at radius 1 is 1.17 bits per heavy atom. The number of allylic oxidation sites excluding steroid dienone is 1. The summed E-state index contributed by atoms with van der Waals surface area (Å²) in [6, 6.07) is 15.4. The molecule has 1 aliphatic rings. The Balaban J connectivity index is 1.83. The molecule has 1 heterocycles. The molecule has 2 aromatic rings. The molecule has 0 fully saturated rings.